The van der Waals surface area contributed by atoms with E-state index in [0.29, 0.717) is 0 Å². The number of hydrogen-bond donors (Lipinski definition) is 1. The van der Waals surface area contributed by atoms with E-state index in [1.807, 2.05) is 48.5 Å². The molecule has 0 unspecified atom stereocenters. The molecule has 0 amide bonds. The molecule has 1 aliphatic rings. The summed E-state index contributed by atoms with van der Waals surface area (Å²) in [7, 11) is 0. The normalized spacial score (nSPS) is 13.6. The minimum atomic E-state index is -0.954. The summed E-state index contributed by atoms with van der Waals surface area (Å²) >= 11 is 0. The third-order valence-corrected chi connectivity index (χ3v) is 9.86. The molecule has 0 saturated carbocycles. The number of ether oxygens (including phenoxy) is 1. The number of carbonyl (C=O) groups is 1. The largest absolute Gasteiger partial charge is 0.478 e. The summed E-state index contributed by atoms with van der Waals surface area (Å²) in [6.07, 6.45) is 3.56. The molecule has 1 aliphatic heterocycles. The highest BCUT2D eigenvalue weighted by Crippen LogP contribution is 2.57. The van der Waals surface area contributed by atoms with Crippen molar-refractivity contribution in [3.63, 3.8) is 0 Å². The van der Waals surface area contributed by atoms with Crippen LogP contribution in [0.15, 0.2) is 109 Å². The van der Waals surface area contributed by atoms with E-state index >= 15 is 0 Å². The predicted octanol–water partition coefficient (Wildman–Crippen LogP) is 11.3. The van der Waals surface area contributed by atoms with Gasteiger partial charge in [-0.25, -0.2) is 9.78 Å². The van der Waals surface area contributed by atoms with Gasteiger partial charge in [0.25, 0.3) is 0 Å². The van der Waals surface area contributed by atoms with Crippen LogP contribution in [0.2, 0.25) is 0 Å². The Hall–Kier alpha value is -5.62. The third-order valence-electron chi connectivity index (χ3n) is 9.86. The standard InChI is InChI=1S/C45H43N3O3/c1-43(2,3)30-25-32(27-15-17-28(18-16-27)42(49)50)40-34(26-30)45(7,8)39-33(44(4,5)6)20-19-31(41(39)51-40)29-23-37(35-13-9-11-21-46-35)48-38(24-29)36-14-10-12-22-47-36/h9-26H,1-8H3,(H,49,50). The van der Waals surface area contributed by atoms with Crippen molar-refractivity contribution >= 4 is 5.97 Å². The number of hydrogen-bond acceptors (Lipinski definition) is 5. The Morgan fingerprint density at radius 1 is 0.647 bits per heavy atom. The molecule has 0 radical (unpaired) electrons. The van der Waals surface area contributed by atoms with Crippen LogP contribution in [0.25, 0.3) is 45.0 Å². The summed E-state index contributed by atoms with van der Waals surface area (Å²) in [5.74, 6) is 0.627. The van der Waals surface area contributed by atoms with Crippen LogP contribution in [0, 0.1) is 0 Å². The van der Waals surface area contributed by atoms with Crippen LogP contribution >= 0.6 is 0 Å². The maximum absolute atomic E-state index is 11.8. The quantitative estimate of drug-likeness (QED) is 0.196. The highest BCUT2D eigenvalue weighted by molar-refractivity contribution is 5.89. The van der Waals surface area contributed by atoms with Crippen LogP contribution in [0.1, 0.15) is 88.0 Å². The van der Waals surface area contributed by atoms with Crippen LogP contribution in [0.4, 0.5) is 0 Å². The first-order valence-electron chi connectivity index (χ1n) is 17.4. The first kappa shape index (κ1) is 33.9. The number of fused-ring (bicyclic) bond motifs is 2. The van der Waals surface area contributed by atoms with Gasteiger partial charge in [-0.15, -0.1) is 0 Å². The highest BCUT2D eigenvalue weighted by atomic mass is 16.5. The van der Waals surface area contributed by atoms with E-state index in [0.717, 1.165) is 67.7 Å². The van der Waals surface area contributed by atoms with Crippen molar-refractivity contribution in [2.24, 2.45) is 0 Å². The van der Waals surface area contributed by atoms with Gasteiger partial charge < -0.3 is 9.84 Å². The molecular weight excluding hydrogens is 631 g/mol. The third kappa shape index (κ3) is 6.20. The fourth-order valence-corrected chi connectivity index (χ4v) is 7.02. The Balaban J connectivity index is 1.53. The molecule has 6 heteroatoms. The van der Waals surface area contributed by atoms with Crippen LogP contribution in [0.5, 0.6) is 11.5 Å². The summed E-state index contributed by atoms with van der Waals surface area (Å²) in [6, 6.07) is 31.9. The number of carboxylic acids is 1. The van der Waals surface area contributed by atoms with Crippen molar-refractivity contribution in [3.8, 4) is 56.5 Å². The monoisotopic (exact) mass is 673 g/mol. The van der Waals surface area contributed by atoms with Crippen LogP contribution < -0.4 is 4.74 Å². The second-order valence-electron chi connectivity index (χ2n) is 15.9. The van der Waals surface area contributed by atoms with Gasteiger partial charge in [-0.05, 0) is 87.7 Å². The number of aromatic nitrogens is 3. The van der Waals surface area contributed by atoms with E-state index in [-0.39, 0.29) is 16.4 Å². The number of nitrogens with zero attached hydrogens (tertiary/aromatic N) is 3. The van der Waals surface area contributed by atoms with Crippen LogP contribution in [-0.2, 0) is 16.2 Å². The van der Waals surface area contributed by atoms with Gasteiger partial charge in [0.2, 0.25) is 0 Å². The molecule has 0 atom stereocenters. The SMILES string of the molecule is CC(C)(C)c1cc(-c2ccc(C(=O)O)cc2)c2c(c1)C(C)(C)c1c(C(C)(C)C)ccc(-c3cc(-c4ccccn4)nc(-c4ccccn4)c3)c1O2. The van der Waals surface area contributed by atoms with Crippen molar-refractivity contribution in [2.75, 3.05) is 0 Å². The van der Waals surface area contributed by atoms with E-state index in [9.17, 15) is 9.90 Å². The van der Waals surface area contributed by atoms with E-state index in [2.05, 4.69) is 102 Å². The average Bonchev–Trinajstić information content (AvgIpc) is 3.10. The minimum absolute atomic E-state index is 0.142. The lowest BCUT2D eigenvalue weighted by atomic mass is 9.67. The van der Waals surface area contributed by atoms with E-state index in [1.165, 1.54) is 11.1 Å². The van der Waals surface area contributed by atoms with Crippen molar-refractivity contribution < 1.29 is 14.6 Å². The molecule has 0 aliphatic carbocycles. The summed E-state index contributed by atoms with van der Waals surface area (Å²) in [6.45, 7) is 18.0. The fraction of sp³-hybridized carbons (Fsp3) is 0.244. The van der Waals surface area contributed by atoms with E-state index < -0.39 is 11.4 Å². The van der Waals surface area contributed by atoms with Gasteiger partial charge >= 0.3 is 5.97 Å². The molecule has 4 heterocycles. The Morgan fingerprint density at radius 2 is 1.25 bits per heavy atom. The van der Waals surface area contributed by atoms with Crippen molar-refractivity contribution in [1.29, 1.82) is 0 Å². The summed E-state index contributed by atoms with van der Waals surface area (Å²) < 4.78 is 7.29. The molecule has 256 valence electrons. The lowest BCUT2D eigenvalue weighted by molar-refractivity contribution is 0.0697. The number of rotatable bonds is 5. The molecule has 0 saturated heterocycles. The van der Waals surface area contributed by atoms with E-state index in [4.69, 9.17) is 9.72 Å². The Morgan fingerprint density at radius 3 is 1.76 bits per heavy atom. The molecule has 51 heavy (non-hydrogen) atoms. The molecule has 7 rings (SSSR count). The zero-order chi connectivity index (χ0) is 36.3. The van der Waals surface area contributed by atoms with Crippen LogP contribution in [-0.4, -0.2) is 26.0 Å². The van der Waals surface area contributed by atoms with Crippen molar-refractivity contribution in [1.82, 2.24) is 15.0 Å². The second kappa shape index (κ2) is 12.3. The molecule has 6 aromatic rings. The van der Waals surface area contributed by atoms with Gasteiger partial charge in [-0.1, -0.05) is 97.9 Å². The van der Waals surface area contributed by atoms with Gasteiger partial charge in [-0.2, -0.15) is 0 Å². The lowest BCUT2D eigenvalue weighted by Gasteiger charge is -2.41. The zero-order valence-corrected chi connectivity index (χ0v) is 30.5. The Kier molecular flexibility index (Phi) is 8.17. The number of benzene rings is 3. The number of carboxylic acid groups (broad SMARTS) is 1. The summed E-state index contributed by atoms with van der Waals surface area (Å²) in [5, 5.41) is 9.64. The minimum Gasteiger partial charge on any atom is -0.478 e. The van der Waals surface area contributed by atoms with Gasteiger partial charge in [0.05, 0.1) is 28.3 Å². The Bertz CT molecular complexity index is 2220. The molecule has 1 N–H and O–H groups in total. The molecule has 6 nitrogen and oxygen atoms in total. The molecule has 3 aromatic carbocycles. The highest BCUT2D eigenvalue weighted by Gasteiger charge is 2.42. The molecule has 0 bridgehead atoms. The van der Waals surface area contributed by atoms with Gasteiger partial charge in [0.1, 0.15) is 11.5 Å². The smallest absolute Gasteiger partial charge is 0.335 e. The maximum Gasteiger partial charge on any atom is 0.335 e. The van der Waals surface area contributed by atoms with E-state index in [1.54, 1.807) is 24.5 Å². The van der Waals surface area contributed by atoms with Gasteiger partial charge in [0.15, 0.2) is 0 Å². The first-order chi connectivity index (χ1) is 24.1. The molecule has 3 aromatic heterocycles. The second-order valence-corrected chi connectivity index (χ2v) is 15.9. The van der Waals surface area contributed by atoms with Crippen LogP contribution in [0.3, 0.4) is 0 Å². The predicted molar refractivity (Wildman–Crippen MR) is 205 cm³/mol. The van der Waals surface area contributed by atoms with Crippen molar-refractivity contribution in [2.45, 2.75) is 71.6 Å². The summed E-state index contributed by atoms with van der Waals surface area (Å²) in [5.41, 5.74) is 10.9. The topological polar surface area (TPSA) is 85.2 Å². The van der Waals surface area contributed by atoms with Gasteiger partial charge in [-0.3, -0.25) is 9.97 Å². The average molecular weight is 674 g/mol. The molecule has 0 fully saturated rings. The fourth-order valence-electron chi connectivity index (χ4n) is 7.02. The first-order valence-corrected chi connectivity index (χ1v) is 17.4. The number of pyridine rings is 3. The zero-order valence-electron chi connectivity index (χ0n) is 30.5. The van der Waals surface area contributed by atoms with Gasteiger partial charge in [0, 0.05) is 40.1 Å². The Labute approximate surface area is 300 Å². The summed E-state index contributed by atoms with van der Waals surface area (Å²) in [4.78, 5) is 26.1. The number of aromatic carboxylic acids is 1. The lowest BCUT2D eigenvalue weighted by Crippen LogP contribution is -2.30. The molecular formula is C45H43N3O3. The molecule has 0 spiro atoms. The maximum atomic E-state index is 11.8. The van der Waals surface area contributed by atoms with Crippen molar-refractivity contribution in [3.05, 3.63) is 137 Å².